The summed E-state index contributed by atoms with van der Waals surface area (Å²) in [6.07, 6.45) is -10.2. The number of hydrogen-bond acceptors (Lipinski definition) is 2. The zero-order valence-electron chi connectivity index (χ0n) is 14.0. The van der Waals surface area contributed by atoms with E-state index < -0.39 is 53.0 Å². The molecule has 156 valence electrons. The normalized spacial score (nSPS) is 12.9. The number of hydrogen-bond donors (Lipinski definition) is 3. The van der Waals surface area contributed by atoms with Crippen molar-refractivity contribution in [3.05, 3.63) is 65.0 Å². The topological polar surface area (TPSA) is 78.4 Å². The number of carboxylic acid groups (broad SMARTS) is 1. The van der Waals surface area contributed by atoms with Crippen LogP contribution >= 0.6 is 0 Å². The van der Waals surface area contributed by atoms with E-state index in [1.54, 1.807) is 5.32 Å². The molecule has 5 nitrogen and oxygen atoms in total. The van der Waals surface area contributed by atoms with Gasteiger partial charge in [-0.1, -0.05) is 12.1 Å². The summed E-state index contributed by atoms with van der Waals surface area (Å²) in [6, 6.07) is 1.20. The van der Waals surface area contributed by atoms with E-state index in [1.165, 1.54) is 0 Å². The maximum Gasteiger partial charge on any atom is 0.416 e. The molecule has 12 heteroatoms. The van der Waals surface area contributed by atoms with E-state index in [2.05, 4.69) is 0 Å². The summed E-state index contributed by atoms with van der Waals surface area (Å²) < 4.78 is 90.0. The predicted molar refractivity (Wildman–Crippen MR) is 85.4 cm³/mol. The van der Waals surface area contributed by atoms with E-state index in [9.17, 15) is 45.4 Å². The third-order valence-corrected chi connectivity index (χ3v) is 3.57. The molecule has 0 spiro atoms. The van der Waals surface area contributed by atoms with Crippen LogP contribution in [0.25, 0.3) is 0 Å². The van der Waals surface area contributed by atoms with Gasteiger partial charge in [-0.05, 0) is 35.9 Å². The van der Waals surface area contributed by atoms with Gasteiger partial charge < -0.3 is 15.7 Å². The van der Waals surface area contributed by atoms with E-state index in [1.807, 2.05) is 5.32 Å². The van der Waals surface area contributed by atoms with Crippen molar-refractivity contribution < 1.29 is 45.4 Å². The Balaban J connectivity index is 2.28. The van der Waals surface area contributed by atoms with Gasteiger partial charge in [0.1, 0.15) is 5.82 Å². The summed E-state index contributed by atoms with van der Waals surface area (Å²) in [5, 5.41) is 12.8. The van der Waals surface area contributed by atoms with Gasteiger partial charge in [-0.3, -0.25) is 0 Å². The summed E-state index contributed by atoms with van der Waals surface area (Å²) in [5.74, 6) is -2.28. The summed E-state index contributed by atoms with van der Waals surface area (Å²) in [6.45, 7) is 0. The molecule has 0 aromatic heterocycles. The lowest BCUT2D eigenvalue weighted by atomic mass is 10.1. The fraction of sp³-hybridized carbons (Fsp3) is 0.176. The minimum Gasteiger partial charge on any atom is -0.479 e. The molecule has 0 aliphatic carbocycles. The largest absolute Gasteiger partial charge is 0.479 e. The molecule has 0 radical (unpaired) electrons. The molecule has 0 aliphatic rings. The molecular formula is C17H11F7N2O3. The zero-order valence-corrected chi connectivity index (χ0v) is 14.0. The second-order valence-electron chi connectivity index (χ2n) is 5.72. The molecule has 0 saturated heterocycles. The lowest BCUT2D eigenvalue weighted by Crippen LogP contribution is -2.36. The van der Waals surface area contributed by atoms with Gasteiger partial charge in [0.05, 0.1) is 11.1 Å². The molecule has 3 N–H and O–H groups in total. The van der Waals surface area contributed by atoms with Gasteiger partial charge in [0.2, 0.25) is 0 Å². The van der Waals surface area contributed by atoms with Crippen molar-refractivity contribution in [2.24, 2.45) is 0 Å². The molecule has 0 saturated carbocycles. The third kappa shape index (κ3) is 5.83. The molecule has 0 fully saturated rings. The van der Waals surface area contributed by atoms with Gasteiger partial charge in [0, 0.05) is 5.69 Å². The number of rotatable bonds is 4. The molecule has 2 rings (SSSR count). The van der Waals surface area contributed by atoms with Crippen molar-refractivity contribution in [2.75, 3.05) is 5.32 Å². The van der Waals surface area contributed by atoms with Crippen LogP contribution in [0, 0.1) is 5.82 Å². The van der Waals surface area contributed by atoms with E-state index in [-0.39, 0.29) is 23.8 Å². The number of nitrogens with one attached hydrogen (secondary N) is 2. The van der Waals surface area contributed by atoms with Crippen LogP contribution in [0.2, 0.25) is 0 Å². The highest BCUT2D eigenvalue weighted by atomic mass is 19.4. The van der Waals surface area contributed by atoms with Gasteiger partial charge in [-0.15, -0.1) is 0 Å². The van der Waals surface area contributed by atoms with E-state index in [0.29, 0.717) is 0 Å². The Morgan fingerprint density at radius 2 is 1.34 bits per heavy atom. The first-order valence-electron chi connectivity index (χ1n) is 7.62. The quantitative estimate of drug-likeness (QED) is 0.617. The number of urea groups is 1. The highest BCUT2D eigenvalue weighted by molar-refractivity contribution is 5.92. The lowest BCUT2D eigenvalue weighted by Gasteiger charge is -2.17. The van der Waals surface area contributed by atoms with Crippen molar-refractivity contribution in [3.8, 4) is 0 Å². The Morgan fingerprint density at radius 3 is 1.76 bits per heavy atom. The van der Waals surface area contributed by atoms with E-state index in [4.69, 9.17) is 0 Å². The first-order chi connectivity index (χ1) is 13.3. The van der Waals surface area contributed by atoms with Crippen LogP contribution in [0.4, 0.5) is 41.2 Å². The van der Waals surface area contributed by atoms with Crippen LogP contribution in [-0.4, -0.2) is 17.1 Å². The fourth-order valence-electron chi connectivity index (χ4n) is 2.27. The molecule has 2 aromatic carbocycles. The fourth-order valence-corrected chi connectivity index (χ4v) is 2.27. The summed E-state index contributed by atoms with van der Waals surface area (Å²) in [7, 11) is 0. The Kier molecular flexibility index (Phi) is 6.04. The van der Waals surface area contributed by atoms with E-state index in [0.717, 1.165) is 24.3 Å². The lowest BCUT2D eigenvalue weighted by molar-refractivity contribution is -0.143. The maximum atomic E-state index is 12.9. The first kappa shape index (κ1) is 22.0. The average Bonchev–Trinajstić information content (AvgIpc) is 2.58. The number of alkyl halides is 6. The van der Waals surface area contributed by atoms with Gasteiger partial charge in [0.25, 0.3) is 0 Å². The van der Waals surface area contributed by atoms with Crippen LogP contribution in [0.5, 0.6) is 0 Å². The first-order valence-corrected chi connectivity index (χ1v) is 7.62. The zero-order chi connectivity index (χ0) is 22.0. The summed E-state index contributed by atoms with van der Waals surface area (Å²) in [4.78, 5) is 23.3. The van der Waals surface area contributed by atoms with Gasteiger partial charge in [-0.25, -0.2) is 14.0 Å². The van der Waals surface area contributed by atoms with Crippen LogP contribution < -0.4 is 10.6 Å². The van der Waals surface area contributed by atoms with Crippen LogP contribution in [0.1, 0.15) is 22.7 Å². The number of aliphatic carboxylic acids is 1. The molecule has 29 heavy (non-hydrogen) atoms. The smallest absolute Gasteiger partial charge is 0.416 e. The van der Waals surface area contributed by atoms with Gasteiger partial charge in [-0.2, -0.15) is 26.3 Å². The van der Waals surface area contributed by atoms with E-state index >= 15 is 0 Å². The van der Waals surface area contributed by atoms with Crippen LogP contribution in [0.3, 0.4) is 0 Å². The Bertz CT molecular complexity index is 876. The molecule has 0 bridgehead atoms. The van der Waals surface area contributed by atoms with Crippen molar-refractivity contribution in [2.45, 2.75) is 18.4 Å². The van der Waals surface area contributed by atoms with Crippen molar-refractivity contribution in [1.82, 2.24) is 5.32 Å². The molecule has 2 aromatic rings. The minimum atomic E-state index is -5.12. The minimum absolute atomic E-state index is 0.0749. The molecule has 1 atom stereocenters. The van der Waals surface area contributed by atoms with Crippen molar-refractivity contribution >= 4 is 17.7 Å². The van der Waals surface area contributed by atoms with Gasteiger partial charge in [0.15, 0.2) is 6.04 Å². The highest BCUT2D eigenvalue weighted by Crippen LogP contribution is 2.37. The number of benzene rings is 2. The second-order valence-corrected chi connectivity index (χ2v) is 5.72. The highest BCUT2D eigenvalue weighted by Gasteiger charge is 2.37. The predicted octanol–water partition coefficient (Wildman–Crippen LogP) is 4.81. The number of carboxylic acids is 1. The monoisotopic (exact) mass is 424 g/mol. The molecule has 1 unspecified atom stereocenters. The Morgan fingerprint density at radius 1 is 0.862 bits per heavy atom. The second kappa shape index (κ2) is 7.97. The molecule has 2 amide bonds. The van der Waals surface area contributed by atoms with Crippen LogP contribution in [-0.2, 0) is 17.1 Å². The number of anilines is 1. The summed E-state index contributed by atoms with van der Waals surface area (Å²) in [5.41, 5.74) is -4.24. The standard InChI is InChI=1S/C17H11F7N2O3/c18-11-3-1-8(2-4-11)13(14(27)28)26-15(29)25-12-6-9(16(19,20)21)5-10(7-12)17(22,23)24/h1-7,13H,(H,27,28)(H2,25,26,29). The molecule has 0 heterocycles. The number of carbonyl (C=O) groups is 2. The molecular weight excluding hydrogens is 413 g/mol. The average molecular weight is 424 g/mol. The van der Waals surface area contributed by atoms with Crippen molar-refractivity contribution in [3.63, 3.8) is 0 Å². The van der Waals surface area contributed by atoms with Crippen LogP contribution in [0.15, 0.2) is 42.5 Å². The Hall–Kier alpha value is -3.31. The number of halogens is 7. The van der Waals surface area contributed by atoms with Crippen molar-refractivity contribution in [1.29, 1.82) is 0 Å². The molecule has 0 aliphatic heterocycles. The van der Waals surface area contributed by atoms with Gasteiger partial charge >= 0.3 is 24.4 Å². The number of amides is 2. The third-order valence-electron chi connectivity index (χ3n) is 3.57. The Labute approximate surface area is 158 Å². The summed E-state index contributed by atoms with van der Waals surface area (Å²) >= 11 is 0. The maximum absolute atomic E-state index is 12.9. The SMILES string of the molecule is O=C(Nc1cc(C(F)(F)F)cc(C(F)(F)F)c1)NC(C(=O)O)c1ccc(F)cc1. The number of carbonyl (C=O) groups excluding carboxylic acids is 1.